The summed E-state index contributed by atoms with van der Waals surface area (Å²) < 4.78 is 5.41. The van der Waals surface area contributed by atoms with Gasteiger partial charge in [-0.25, -0.2) is 0 Å². The maximum absolute atomic E-state index is 8.95. The number of furan rings is 1. The number of hydrogen-bond donors (Lipinski definition) is 1. The third kappa shape index (κ3) is 2.38. The van der Waals surface area contributed by atoms with Gasteiger partial charge in [0.15, 0.2) is 0 Å². The van der Waals surface area contributed by atoms with Crippen molar-refractivity contribution in [2.24, 2.45) is 5.92 Å². The molecule has 0 amide bonds. The van der Waals surface area contributed by atoms with Crippen LogP contribution in [0.3, 0.4) is 0 Å². The first-order valence-corrected chi connectivity index (χ1v) is 4.42. The van der Waals surface area contributed by atoms with Crippen LogP contribution < -0.4 is 0 Å². The lowest BCUT2D eigenvalue weighted by Gasteiger charge is -2.08. The van der Waals surface area contributed by atoms with Crippen LogP contribution in [0.1, 0.15) is 24.9 Å². The number of aryl methyl sites for hydroxylation is 1. The molecular formula is C10H16O2. The van der Waals surface area contributed by atoms with Gasteiger partial charge in [0.1, 0.15) is 11.5 Å². The highest BCUT2D eigenvalue weighted by atomic mass is 16.3. The van der Waals surface area contributed by atoms with Crippen molar-refractivity contribution in [2.45, 2.75) is 26.7 Å². The minimum atomic E-state index is 0.246. The highest BCUT2D eigenvalue weighted by Gasteiger charge is 2.07. The Kier molecular flexibility index (Phi) is 3.35. The molecule has 2 nitrogen and oxygen atoms in total. The van der Waals surface area contributed by atoms with Gasteiger partial charge < -0.3 is 9.52 Å². The average Bonchev–Trinajstić information content (AvgIpc) is 2.47. The summed E-state index contributed by atoms with van der Waals surface area (Å²) in [5.41, 5.74) is 0. The van der Waals surface area contributed by atoms with E-state index in [2.05, 4.69) is 6.92 Å². The Morgan fingerprint density at radius 3 is 2.67 bits per heavy atom. The minimum Gasteiger partial charge on any atom is -0.466 e. The molecule has 0 aliphatic carbocycles. The third-order valence-corrected chi connectivity index (χ3v) is 2.12. The molecule has 1 atom stereocenters. The van der Waals surface area contributed by atoms with Gasteiger partial charge in [-0.3, -0.25) is 0 Å². The summed E-state index contributed by atoms with van der Waals surface area (Å²) in [6.07, 6.45) is 1.84. The van der Waals surface area contributed by atoms with Crippen molar-refractivity contribution in [3.63, 3.8) is 0 Å². The van der Waals surface area contributed by atoms with Crippen molar-refractivity contribution in [1.29, 1.82) is 0 Å². The molecule has 0 spiro atoms. The first-order valence-electron chi connectivity index (χ1n) is 4.42. The van der Waals surface area contributed by atoms with E-state index in [4.69, 9.17) is 9.52 Å². The molecule has 0 aromatic carbocycles. The normalized spacial score (nSPS) is 13.2. The Morgan fingerprint density at radius 2 is 2.25 bits per heavy atom. The summed E-state index contributed by atoms with van der Waals surface area (Å²) in [6, 6.07) is 3.94. The molecule has 1 rings (SSSR count). The van der Waals surface area contributed by atoms with E-state index in [1.165, 1.54) is 0 Å². The van der Waals surface area contributed by atoms with E-state index in [9.17, 15) is 0 Å². The van der Waals surface area contributed by atoms with Gasteiger partial charge in [-0.15, -0.1) is 0 Å². The monoisotopic (exact) mass is 168 g/mol. The van der Waals surface area contributed by atoms with Gasteiger partial charge >= 0.3 is 0 Å². The molecule has 1 aromatic rings. The molecule has 0 fully saturated rings. The minimum absolute atomic E-state index is 0.246. The van der Waals surface area contributed by atoms with Crippen molar-refractivity contribution in [2.75, 3.05) is 6.61 Å². The molecule has 0 saturated carbocycles. The van der Waals surface area contributed by atoms with Crippen LogP contribution in [0.5, 0.6) is 0 Å². The summed E-state index contributed by atoms with van der Waals surface area (Å²) in [7, 11) is 0. The van der Waals surface area contributed by atoms with Crippen LogP contribution in [0, 0.1) is 12.8 Å². The zero-order valence-corrected chi connectivity index (χ0v) is 7.71. The van der Waals surface area contributed by atoms with Crippen molar-refractivity contribution >= 4 is 0 Å². The van der Waals surface area contributed by atoms with Crippen LogP contribution in [0.15, 0.2) is 16.5 Å². The van der Waals surface area contributed by atoms with E-state index in [1.54, 1.807) is 0 Å². The van der Waals surface area contributed by atoms with E-state index in [0.717, 1.165) is 24.4 Å². The van der Waals surface area contributed by atoms with Crippen molar-refractivity contribution in [3.05, 3.63) is 23.7 Å². The first-order chi connectivity index (χ1) is 5.76. The summed E-state index contributed by atoms with van der Waals surface area (Å²) in [5, 5.41) is 8.95. The Balaban J connectivity index is 2.50. The Morgan fingerprint density at radius 1 is 1.50 bits per heavy atom. The van der Waals surface area contributed by atoms with E-state index in [-0.39, 0.29) is 6.61 Å². The van der Waals surface area contributed by atoms with Crippen LogP contribution in [0.25, 0.3) is 0 Å². The molecule has 1 N–H and O–H groups in total. The van der Waals surface area contributed by atoms with E-state index in [1.807, 2.05) is 19.1 Å². The fourth-order valence-corrected chi connectivity index (χ4v) is 1.22. The lowest BCUT2D eigenvalue weighted by Crippen LogP contribution is -2.07. The van der Waals surface area contributed by atoms with Crippen LogP contribution in [-0.2, 0) is 6.42 Å². The van der Waals surface area contributed by atoms with Gasteiger partial charge in [0, 0.05) is 13.0 Å². The molecule has 1 aromatic heterocycles. The van der Waals surface area contributed by atoms with Crippen molar-refractivity contribution in [3.8, 4) is 0 Å². The quantitative estimate of drug-likeness (QED) is 0.747. The molecule has 0 aliphatic rings. The molecule has 0 aliphatic heterocycles. The largest absolute Gasteiger partial charge is 0.466 e. The molecule has 2 heteroatoms. The molecule has 0 radical (unpaired) electrons. The van der Waals surface area contributed by atoms with Crippen LogP contribution in [-0.4, -0.2) is 11.7 Å². The van der Waals surface area contributed by atoms with E-state index in [0.29, 0.717) is 5.92 Å². The van der Waals surface area contributed by atoms with Crippen LogP contribution >= 0.6 is 0 Å². The standard InChI is InChI=1S/C10H16O2/c1-3-9(7-11)6-10-5-4-8(2)12-10/h4-5,9,11H,3,6-7H2,1-2H3. The molecular weight excluding hydrogens is 152 g/mol. The highest BCUT2D eigenvalue weighted by molar-refractivity contribution is 5.06. The SMILES string of the molecule is CCC(CO)Cc1ccc(C)o1. The van der Waals surface area contributed by atoms with Gasteiger partial charge in [-0.05, 0) is 25.0 Å². The van der Waals surface area contributed by atoms with Crippen molar-refractivity contribution in [1.82, 2.24) is 0 Å². The summed E-state index contributed by atoms with van der Waals surface area (Å²) >= 11 is 0. The predicted molar refractivity (Wildman–Crippen MR) is 48.0 cm³/mol. The maximum Gasteiger partial charge on any atom is 0.104 e. The Bertz CT molecular complexity index is 223. The summed E-state index contributed by atoms with van der Waals surface area (Å²) in [6.45, 7) is 4.26. The fraction of sp³-hybridized carbons (Fsp3) is 0.600. The topological polar surface area (TPSA) is 33.4 Å². The van der Waals surface area contributed by atoms with Crippen LogP contribution in [0.2, 0.25) is 0 Å². The molecule has 68 valence electrons. The third-order valence-electron chi connectivity index (χ3n) is 2.12. The predicted octanol–water partition coefficient (Wildman–Crippen LogP) is 2.15. The van der Waals surface area contributed by atoms with Crippen LogP contribution in [0.4, 0.5) is 0 Å². The number of aliphatic hydroxyl groups is 1. The molecule has 1 unspecified atom stereocenters. The van der Waals surface area contributed by atoms with E-state index >= 15 is 0 Å². The molecule has 0 bridgehead atoms. The highest BCUT2D eigenvalue weighted by Crippen LogP contribution is 2.14. The molecule has 0 saturated heterocycles. The average molecular weight is 168 g/mol. The Labute approximate surface area is 73.2 Å². The second-order valence-electron chi connectivity index (χ2n) is 3.17. The Hall–Kier alpha value is -0.760. The summed E-state index contributed by atoms with van der Waals surface area (Å²) in [5.74, 6) is 2.27. The van der Waals surface area contributed by atoms with Gasteiger partial charge in [0.05, 0.1) is 0 Å². The number of rotatable bonds is 4. The van der Waals surface area contributed by atoms with Gasteiger partial charge in [0.2, 0.25) is 0 Å². The molecule has 1 heterocycles. The van der Waals surface area contributed by atoms with Crippen molar-refractivity contribution < 1.29 is 9.52 Å². The zero-order valence-electron chi connectivity index (χ0n) is 7.71. The molecule has 12 heavy (non-hydrogen) atoms. The first kappa shape index (κ1) is 9.33. The van der Waals surface area contributed by atoms with Gasteiger partial charge in [0.25, 0.3) is 0 Å². The lowest BCUT2D eigenvalue weighted by atomic mass is 10.0. The second-order valence-corrected chi connectivity index (χ2v) is 3.17. The number of hydrogen-bond acceptors (Lipinski definition) is 2. The number of aliphatic hydroxyl groups excluding tert-OH is 1. The fourth-order valence-electron chi connectivity index (χ4n) is 1.22. The van der Waals surface area contributed by atoms with Gasteiger partial charge in [-0.1, -0.05) is 13.3 Å². The summed E-state index contributed by atoms with van der Waals surface area (Å²) in [4.78, 5) is 0. The van der Waals surface area contributed by atoms with Gasteiger partial charge in [-0.2, -0.15) is 0 Å². The second kappa shape index (κ2) is 4.31. The zero-order chi connectivity index (χ0) is 8.97. The lowest BCUT2D eigenvalue weighted by molar-refractivity contribution is 0.215. The smallest absolute Gasteiger partial charge is 0.104 e. The van der Waals surface area contributed by atoms with E-state index < -0.39 is 0 Å². The maximum atomic E-state index is 8.95.